The van der Waals surface area contributed by atoms with Gasteiger partial charge in [0.05, 0.1) is 35.0 Å². The van der Waals surface area contributed by atoms with E-state index in [1.807, 2.05) is 34.6 Å². The summed E-state index contributed by atoms with van der Waals surface area (Å²) in [5.41, 5.74) is 3.03. The maximum Gasteiger partial charge on any atom is 0.257 e. The minimum absolute atomic E-state index is 0.242. The van der Waals surface area contributed by atoms with Crippen LogP contribution in [0.15, 0.2) is 48.8 Å². The van der Waals surface area contributed by atoms with Crippen molar-refractivity contribution >= 4 is 34.9 Å². The van der Waals surface area contributed by atoms with Gasteiger partial charge in [-0.2, -0.15) is 0 Å². The molecule has 0 bridgehead atoms. The van der Waals surface area contributed by atoms with Crippen molar-refractivity contribution in [3.63, 3.8) is 0 Å². The SMILES string of the molecule is CNC(=O)c1cc(C(=O)Nc2cnc(C)c(C(=O)Nc3ccc(NC(C)C)nc3)c2)cc(C(C)(C)C)c1. The summed E-state index contributed by atoms with van der Waals surface area (Å²) >= 11 is 0. The fourth-order valence-corrected chi connectivity index (χ4v) is 3.55. The van der Waals surface area contributed by atoms with Crippen LogP contribution in [0.2, 0.25) is 0 Å². The number of aromatic nitrogens is 2. The van der Waals surface area contributed by atoms with Crippen molar-refractivity contribution < 1.29 is 14.4 Å². The van der Waals surface area contributed by atoms with E-state index in [-0.39, 0.29) is 23.3 Å². The Hall–Kier alpha value is -4.27. The van der Waals surface area contributed by atoms with Gasteiger partial charge in [0.2, 0.25) is 0 Å². The molecule has 0 aliphatic rings. The Morgan fingerprint density at radius 1 is 0.811 bits per heavy atom. The van der Waals surface area contributed by atoms with Gasteiger partial charge >= 0.3 is 0 Å². The van der Waals surface area contributed by atoms with Crippen LogP contribution in [0.25, 0.3) is 0 Å². The van der Waals surface area contributed by atoms with Crippen LogP contribution < -0.4 is 21.3 Å². The number of carbonyl (C=O) groups excluding carboxylic acids is 3. The Labute approximate surface area is 217 Å². The van der Waals surface area contributed by atoms with Gasteiger partial charge in [-0.05, 0) is 68.1 Å². The molecule has 9 heteroatoms. The number of hydrogen-bond donors (Lipinski definition) is 4. The Balaban J connectivity index is 1.82. The Morgan fingerprint density at radius 2 is 1.43 bits per heavy atom. The van der Waals surface area contributed by atoms with Gasteiger partial charge in [0.1, 0.15) is 5.82 Å². The summed E-state index contributed by atoms with van der Waals surface area (Å²) in [5, 5.41) is 11.4. The number of nitrogens with one attached hydrogen (secondary N) is 4. The predicted octanol–water partition coefficient (Wildman–Crippen LogP) is 4.77. The zero-order chi connectivity index (χ0) is 27.3. The maximum atomic E-state index is 13.1. The fraction of sp³-hybridized carbons (Fsp3) is 0.321. The number of benzene rings is 1. The van der Waals surface area contributed by atoms with Crippen LogP contribution in [0.4, 0.5) is 17.2 Å². The third-order valence-corrected chi connectivity index (χ3v) is 5.60. The van der Waals surface area contributed by atoms with E-state index in [0.717, 1.165) is 5.56 Å². The minimum Gasteiger partial charge on any atom is -0.368 e. The zero-order valence-corrected chi connectivity index (χ0v) is 22.3. The quantitative estimate of drug-likeness (QED) is 0.369. The highest BCUT2D eigenvalue weighted by molar-refractivity contribution is 6.08. The zero-order valence-electron chi connectivity index (χ0n) is 22.3. The number of aryl methyl sites for hydroxylation is 1. The summed E-state index contributed by atoms with van der Waals surface area (Å²) < 4.78 is 0. The van der Waals surface area contributed by atoms with Gasteiger partial charge in [-0.15, -0.1) is 0 Å². The summed E-state index contributed by atoms with van der Waals surface area (Å²) in [4.78, 5) is 47.0. The third kappa shape index (κ3) is 7.13. The molecule has 0 saturated carbocycles. The topological polar surface area (TPSA) is 125 Å². The molecule has 3 amide bonds. The van der Waals surface area contributed by atoms with E-state index < -0.39 is 5.91 Å². The number of anilines is 3. The third-order valence-electron chi connectivity index (χ3n) is 5.60. The lowest BCUT2D eigenvalue weighted by Crippen LogP contribution is -2.22. The highest BCUT2D eigenvalue weighted by Gasteiger charge is 2.20. The van der Waals surface area contributed by atoms with Gasteiger partial charge in [-0.25, -0.2) is 4.98 Å². The second-order valence-electron chi connectivity index (χ2n) is 10.1. The molecule has 0 unspecified atom stereocenters. The first-order valence-electron chi connectivity index (χ1n) is 12.1. The lowest BCUT2D eigenvalue weighted by atomic mass is 9.85. The first-order chi connectivity index (χ1) is 17.4. The van der Waals surface area contributed by atoms with E-state index in [1.54, 1.807) is 56.6 Å². The lowest BCUT2D eigenvalue weighted by molar-refractivity contribution is 0.0962. The number of carbonyl (C=O) groups is 3. The molecular formula is C28H34N6O3. The number of rotatable bonds is 7. The summed E-state index contributed by atoms with van der Waals surface area (Å²) in [6.07, 6.45) is 3.06. The second-order valence-corrected chi connectivity index (χ2v) is 10.1. The molecular weight excluding hydrogens is 468 g/mol. The van der Waals surface area contributed by atoms with Crippen LogP contribution in [-0.4, -0.2) is 40.8 Å². The van der Waals surface area contributed by atoms with E-state index in [9.17, 15) is 14.4 Å². The van der Waals surface area contributed by atoms with Crippen molar-refractivity contribution in [1.82, 2.24) is 15.3 Å². The van der Waals surface area contributed by atoms with Crippen molar-refractivity contribution in [1.29, 1.82) is 0 Å². The van der Waals surface area contributed by atoms with Crippen molar-refractivity contribution in [3.05, 3.63) is 76.7 Å². The minimum atomic E-state index is -0.411. The molecule has 194 valence electrons. The molecule has 37 heavy (non-hydrogen) atoms. The van der Waals surface area contributed by atoms with Crippen LogP contribution in [0, 0.1) is 6.92 Å². The number of pyridine rings is 2. The van der Waals surface area contributed by atoms with Gasteiger partial charge in [0, 0.05) is 24.2 Å². The Bertz CT molecular complexity index is 1310. The van der Waals surface area contributed by atoms with Crippen molar-refractivity contribution in [3.8, 4) is 0 Å². The Kier molecular flexibility index (Phi) is 8.27. The Morgan fingerprint density at radius 3 is 2.00 bits per heavy atom. The average molecular weight is 503 g/mol. The van der Waals surface area contributed by atoms with Crippen molar-refractivity contribution in [2.24, 2.45) is 0 Å². The van der Waals surface area contributed by atoms with Gasteiger partial charge in [-0.1, -0.05) is 20.8 Å². The van der Waals surface area contributed by atoms with Crippen LogP contribution in [0.3, 0.4) is 0 Å². The molecule has 2 heterocycles. The van der Waals surface area contributed by atoms with E-state index in [2.05, 4.69) is 31.2 Å². The van der Waals surface area contributed by atoms with Gasteiger partial charge < -0.3 is 21.3 Å². The van der Waals surface area contributed by atoms with Gasteiger partial charge in [0.25, 0.3) is 17.7 Å². The fourth-order valence-electron chi connectivity index (χ4n) is 3.55. The van der Waals surface area contributed by atoms with Gasteiger partial charge in [-0.3, -0.25) is 19.4 Å². The molecule has 3 aromatic rings. The van der Waals surface area contributed by atoms with E-state index in [1.165, 1.54) is 6.20 Å². The first-order valence-corrected chi connectivity index (χ1v) is 12.1. The molecule has 0 aliphatic carbocycles. The average Bonchev–Trinajstić information content (AvgIpc) is 2.84. The summed E-state index contributed by atoms with van der Waals surface area (Å²) in [6, 6.07) is 10.5. The molecule has 1 aromatic carbocycles. The summed E-state index contributed by atoms with van der Waals surface area (Å²) in [7, 11) is 1.55. The van der Waals surface area contributed by atoms with E-state index in [0.29, 0.717) is 39.6 Å². The monoisotopic (exact) mass is 502 g/mol. The molecule has 0 atom stereocenters. The number of nitrogens with zero attached hydrogens (tertiary/aromatic N) is 2. The number of hydrogen-bond acceptors (Lipinski definition) is 6. The molecule has 3 rings (SSSR count). The molecule has 0 fully saturated rings. The number of amides is 3. The lowest BCUT2D eigenvalue weighted by Gasteiger charge is -2.21. The normalized spacial score (nSPS) is 11.1. The molecule has 0 saturated heterocycles. The maximum absolute atomic E-state index is 13.1. The summed E-state index contributed by atoms with van der Waals surface area (Å²) in [5.74, 6) is -0.348. The van der Waals surface area contributed by atoms with Crippen LogP contribution >= 0.6 is 0 Å². The molecule has 0 spiro atoms. The highest BCUT2D eigenvalue weighted by atomic mass is 16.2. The molecule has 9 nitrogen and oxygen atoms in total. The predicted molar refractivity (Wildman–Crippen MR) is 146 cm³/mol. The summed E-state index contributed by atoms with van der Waals surface area (Å²) in [6.45, 7) is 11.8. The van der Waals surface area contributed by atoms with Crippen LogP contribution in [0.5, 0.6) is 0 Å². The second kappa shape index (κ2) is 11.2. The molecule has 0 radical (unpaired) electrons. The first kappa shape index (κ1) is 27.3. The highest BCUT2D eigenvalue weighted by Crippen LogP contribution is 2.25. The standard InChI is InChI=1S/C28H34N6O3/c1-16(2)32-24-9-8-21(14-31-24)33-27(37)23-13-22(15-30-17(23)3)34-26(36)19-10-18(25(35)29-7)11-20(12-19)28(4,5)6/h8-16H,1-7H3,(H,29,35)(H,31,32)(H,33,37)(H,34,36). The van der Waals surface area contributed by atoms with Crippen molar-refractivity contribution in [2.75, 3.05) is 23.0 Å². The smallest absolute Gasteiger partial charge is 0.257 e. The molecule has 0 aliphatic heterocycles. The van der Waals surface area contributed by atoms with Crippen LogP contribution in [-0.2, 0) is 5.41 Å². The van der Waals surface area contributed by atoms with E-state index in [4.69, 9.17) is 0 Å². The molecule has 2 aromatic heterocycles. The largest absolute Gasteiger partial charge is 0.368 e. The van der Waals surface area contributed by atoms with Gasteiger partial charge in [0.15, 0.2) is 0 Å². The van der Waals surface area contributed by atoms with E-state index >= 15 is 0 Å². The van der Waals surface area contributed by atoms with Crippen LogP contribution in [0.1, 0.15) is 77.0 Å². The van der Waals surface area contributed by atoms with Crippen molar-refractivity contribution in [2.45, 2.75) is 53.0 Å². The molecule has 4 N–H and O–H groups in total.